The molecule has 1 N–H and O–H groups in total. The van der Waals surface area contributed by atoms with Crippen molar-refractivity contribution in [3.05, 3.63) is 35.6 Å². The molecule has 1 aromatic rings. The number of rotatable bonds is 3. The van der Waals surface area contributed by atoms with Gasteiger partial charge in [-0.3, -0.25) is 5.41 Å². The van der Waals surface area contributed by atoms with Crippen LogP contribution in [0, 0.1) is 11.2 Å². The van der Waals surface area contributed by atoms with Crippen LogP contribution >= 0.6 is 12.4 Å². The van der Waals surface area contributed by atoms with E-state index in [4.69, 9.17) is 10.1 Å². The highest BCUT2D eigenvalue weighted by atomic mass is 35.5. The summed E-state index contributed by atoms with van der Waals surface area (Å²) in [4.78, 5) is 0. The Kier molecular flexibility index (Phi) is 5.88. The predicted octanol–water partition coefficient (Wildman–Crippen LogP) is 2.80. The minimum absolute atomic E-state index is 0. The molecule has 1 aromatic carbocycles. The number of nitrogens with one attached hydrogen (secondary N) is 1. The number of benzene rings is 1. The van der Waals surface area contributed by atoms with Gasteiger partial charge in [0.1, 0.15) is 5.82 Å². The number of hydrogen-bond acceptors (Lipinski definition) is 2. The predicted molar refractivity (Wildman–Crippen MR) is 56.7 cm³/mol. The highest BCUT2D eigenvalue weighted by Gasteiger charge is 2.00. The van der Waals surface area contributed by atoms with Crippen molar-refractivity contribution in [3.8, 4) is 0 Å². The van der Waals surface area contributed by atoms with Gasteiger partial charge in [0.05, 0.1) is 6.61 Å². The van der Waals surface area contributed by atoms with E-state index < -0.39 is 0 Å². The Bertz CT molecular complexity index is 304. The average molecular weight is 218 g/mol. The Balaban J connectivity index is 0.00000169. The van der Waals surface area contributed by atoms with Crippen molar-refractivity contribution < 1.29 is 9.13 Å². The zero-order valence-electron chi connectivity index (χ0n) is 7.92. The van der Waals surface area contributed by atoms with Crippen molar-refractivity contribution in [1.82, 2.24) is 0 Å². The summed E-state index contributed by atoms with van der Waals surface area (Å²) in [6.07, 6.45) is 0.353. The van der Waals surface area contributed by atoms with Crippen LogP contribution < -0.4 is 0 Å². The first-order chi connectivity index (χ1) is 6.22. The van der Waals surface area contributed by atoms with Gasteiger partial charge in [0.25, 0.3) is 0 Å². The Labute approximate surface area is 89.0 Å². The number of ether oxygens (including phenoxy) is 1. The third-order valence-electron chi connectivity index (χ3n) is 1.57. The second-order valence-electron chi connectivity index (χ2n) is 2.66. The average Bonchev–Trinajstić information content (AvgIpc) is 2.04. The van der Waals surface area contributed by atoms with E-state index >= 15 is 0 Å². The van der Waals surface area contributed by atoms with E-state index in [0.717, 1.165) is 5.56 Å². The normalized spacial score (nSPS) is 9.00. The number of hydrogen-bond donors (Lipinski definition) is 1. The lowest BCUT2D eigenvalue weighted by Crippen LogP contribution is -2.06. The van der Waals surface area contributed by atoms with Gasteiger partial charge in [-0.05, 0) is 24.6 Å². The molecule has 0 aliphatic heterocycles. The molecule has 78 valence electrons. The van der Waals surface area contributed by atoms with Gasteiger partial charge >= 0.3 is 0 Å². The Morgan fingerprint density at radius 1 is 1.50 bits per heavy atom. The molecule has 1 rings (SSSR count). The maximum Gasteiger partial charge on any atom is 0.184 e. The molecule has 0 spiro atoms. The molecule has 0 radical (unpaired) electrons. The first-order valence-corrected chi connectivity index (χ1v) is 4.17. The summed E-state index contributed by atoms with van der Waals surface area (Å²) in [5.41, 5.74) is 0.762. The van der Waals surface area contributed by atoms with Gasteiger partial charge in [0.2, 0.25) is 0 Å². The Morgan fingerprint density at radius 2 is 2.21 bits per heavy atom. The maximum atomic E-state index is 12.7. The van der Waals surface area contributed by atoms with E-state index in [1.54, 1.807) is 12.1 Å². The molecule has 0 atom stereocenters. The topological polar surface area (TPSA) is 33.1 Å². The molecule has 14 heavy (non-hydrogen) atoms. The SMILES string of the molecule is CCOC(=N)Cc1cccc(F)c1.Cl. The summed E-state index contributed by atoms with van der Waals surface area (Å²) >= 11 is 0. The van der Waals surface area contributed by atoms with Crippen molar-refractivity contribution >= 4 is 18.3 Å². The highest BCUT2D eigenvalue weighted by molar-refractivity contribution is 5.85. The number of halogens is 2. The van der Waals surface area contributed by atoms with E-state index in [1.807, 2.05) is 6.92 Å². The molecule has 0 unspecified atom stereocenters. The van der Waals surface area contributed by atoms with Crippen LogP contribution in [0.15, 0.2) is 24.3 Å². The van der Waals surface area contributed by atoms with E-state index in [2.05, 4.69) is 0 Å². The lowest BCUT2D eigenvalue weighted by atomic mass is 10.1. The van der Waals surface area contributed by atoms with Crippen molar-refractivity contribution in [2.45, 2.75) is 13.3 Å². The molecule has 4 heteroatoms. The lowest BCUT2D eigenvalue weighted by Gasteiger charge is -2.04. The first-order valence-electron chi connectivity index (χ1n) is 4.17. The van der Waals surface area contributed by atoms with E-state index in [0.29, 0.717) is 13.0 Å². The lowest BCUT2D eigenvalue weighted by molar-refractivity contribution is 0.317. The molecule has 2 nitrogen and oxygen atoms in total. The molecular formula is C10H13ClFNO. The Morgan fingerprint density at radius 3 is 2.79 bits per heavy atom. The second kappa shape index (κ2) is 6.38. The van der Waals surface area contributed by atoms with E-state index in [9.17, 15) is 4.39 Å². The van der Waals surface area contributed by atoms with Gasteiger partial charge < -0.3 is 4.74 Å². The van der Waals surface area contributed by atoms with Crippen LogP contribution in [0.4, 0.5) is 4.39 Å². The minimum atomic E-state index is -0.276. The van der Waals surface area contributed by atoms with Gasteiger partial charge in [-0.15, -0.1) is 12.4 Å². The van der Waals surface area contributed by atoms with Gasteiger partial charge in [-0.1, -0.05) is 12.1 Å². The van der Waals surface area contributed by atoms with Crippen LogP contribution in [-0.4, -0.2) is 12.5 Å². The van der Waals surface area contributed by atoms with Crippen molar-refractivity contribution in [2.75, 3.05) is 6.61 Å². The Hall–Kier alpha value is -1.09. The third-order valence-corrected chi connectivity index (χ3v) is 1.57. The van der Waals surface area contributed by atoms with E-state index in [-0.39, 0.29) is 24.1 Å². The van der Waals surface area contributed by atoms with Crippen molar-refractivity contribution in [3.63, 3.8) is 0 Å². The summed E-state index contributed by atoms with van der Waals surface area (Å²) in [5.74, 6) is -0.102. The summed E-state index contributed by atoms with van der Waals surface area (Å²) < 4.78 is 17.6. The highest BCUT2D eigenvalue weighted by Crippen LogP contribution is 2.04. The monoisotopic (exact) mass is 217 g/mol. The smallest absolute Gasteiger partial charge is 0.184 e. The van der Waals surface area contributed by atoms with Crippen LogP contribution in [0.25, 0.3) is 0 Å². The second-order valence-corrected chi connectivity index (χ2v) is 2.66. The summed E-state index contributed by atoms with van der Waals surface area (Å²) in [5, 5.41) is 7.35. The fourth-order valence-corrected chi connectivity index (χ4v) is 1.06. The summed E-state index contributed by atoms with van der Waals surface area (Å²) in [7, 11) is 0. The first kappa shape index (κ1) is 12.9. The van der Waals surface area contributed by atoms with Crippen LogP contribution in [0.2, 0.25) is 0 Å². The molecule has 0 aliphatic rings. The maximum absolute atomic E-state index is 12.7. The minimum Gasteiger partial charge on any atom is -0.481 e. The molecule has 0 heterocycles. The van der Waals surface area contributed by atoms with E-state index in [1.165, 1.54) is 12.1 Å². The zero-order valence-corrected chi connectivity index (χ0v) is 8.73. The zero-order chi connectivity index (χ0) is 9.68. The quantitative estimate of drug-likeness (QED) is 0.613. The molecule has 0 saturated carbocycles. The molecule has 0 aromatic heterocycles. The molecule has 0 fully saturated rings. The molecule has 0 saturated heterocycles. The molecule has 0 bridgehead atoms. The third kappa shape index (κ3) is 4.23. The van der Waals surface area contributed by atoms with Crippen LogP contribution in [0.5, 0.6) is 0 Å². The van der Waals surface area contributed by atoms with Crippen molar-refractivity contribution in [1.29, 1.82) is 5.41 Å². The summed E-state index contributed by atoms with van der Waals surface area (Å²) in [6, 6.07) is 6.20. The van der Waals surface area contributed by atoms with Crippen molar-refractivity contribution in [2.24, 2.45) is 0 Å². The largest absolute Gasteiger partial charge is 0.481 e. The van der Waals surface area contributed by atoms with Crippen LogP contribution in [0.3, 0.4) is 0 Å². The van der Waals surface area contributed by atoms with Gasteiger partial charge in [-0.2, -0.15) is 0 Å². The molecule has 0 amide bonds. The molecular weight excluding hydrogens is 205 g/mol. The van der Waals surface area contributed by atoms with Gasteiger partial charge in [-0.25, -0.2) is 4.39 Å². The van der Waals surface area contributed by atoms with Gasteiger partial charge in [0, 0.05) is 6.42 Å². The van der Waals surface area contributed by atoms with Crippen LogP contribution in [-0.2, 0) is 11.2 Å². The summed E-state index contributed by atoms with van der Waals surface area (Å²) in [6.45, 7) is 2.30. The standard InChI is InChI=1S/C10H12FNO.ClH/c1-2-13-10(12)7-8-4-3-5-9(11)6-8;/h3-6,12H,2,7H2,1H3;1H. The van der Waals surface area contributed by atoms with Gasteiger partial charge in [0.15, 0.2) is 5.90 Å². The molecule has 0 aliphatic carbocycles. The fourth-order valence-electron chi connectivity index (χ4n) is 1.06. The van der Waals surface area contributed by atoms with Crippen LogP contribution in [0.1, 0.15) is 12.5 Å². The fraction of sp³-hybridized carbons (Fsp3) is 0.300.